The molecule has 0 fully saturated rings. The molecule has 0 saturated carbocycles. The van der Waals surface area contributed by atoms with Crippen molar-refractivity contribution in [1.29, 1.82) is 0 Å². The molecule has 0 saturated heterocycles. The molecule has 21 heavy (non-hydrogen) atoms. The number of nitrogens with two attached hydrogens (primary N) is 1. The molecule has 114 valence electrons. The first-order chi connectivity index (χ1) is 9.74. The minimum absolute atomic E-state index is 0.220. The zero-order valence-corrected chi connectivity index (χ0v) is 13.7. The maximum Gasteiger partial charge on any atom is 0.243 e. The lowest BCUT2D eigenvalue weighted by molar-refractivity contribution is -0.120. The Morgan fingerprint density at radius 3 is 2.48 bits per heavy atom. The van der Waals surface area contributed by atoms with E-state index in [4.69, 9.17) is 5.73 Å². The summed E-state index contributed by atoms with van der Waals surface area (Å²) < 4.78 is 28.6. The lowest BCUT2D eigenvalue weighted by Gasteiger charge is -2.19. The Morgan fingerprint density at radius 2 is 1.90 bits per heavy atom. The number of nitrogens with one attached hydrogen (secondary N) is 1. The van der Waals surface area contributed by atoms with E-state index in [-0.39, 0.29) is 10.8 Å². The van der Waals surface area contributed by atoms with Gasteiger partial charge in [0.1, 0.15) is 10.9 Å². The van der Waals surface area contributed by atoms with E-state index in [9.17, 15) is 13.2 Å². The predicted molar refractivity (Wildman–Crippen MR) is 84.7 cm³/mol. The lowest BCUT2D eigenvalue weighted by atomic mass is 10.1. The van der Waals surface area contributed by atoms with Crippen molar-refractivity contribution in [2.45, 2.75) is 31.7 Å². The van der Waals surface area contributed by atoms with Gasteiger partial charge < -0.3 is 5.73 Å². The van der Waals surface area contributed by atoms with E-state index in [1.165, 1.54) is 11.3 Å². The van der Waals surface area contributed by atoms with Crippen LogP contribution in [0.3, 0.4) is 0 Å². The molecule has 2 rings (SSSR count). The third-order valence-electron chi connectivity index (χ3n) is 3.24. The van der Waals surface area contributed by atoms with Gasteiger partial charge in [-0.05, 0) is 18.9 Å². The normalized spacial score (nSPS) is 13.7. The number of fused-ring (bicyclic) bond motifs is 1. The highest BCUT2D eigenvalue weighted by molar-refractivity contribution is 7.90. The monoisotopic (exact) mass is 326 g/mol. The first-order valence-corrected chi connectivity index (χ1v) is 8.84. The SMILES string of the molecule is Cc1sc2ccccc2c1S(=O)(=O)NC(C(N)=O)C(C)C. The molecule has 0 aliphatic carbocycles. The van der Waals surface area contributed by atoms with Gasteiger partial charge in [-0.2, -0.15) is 4.72 Å². The molecular weight excluding hydrogens is 308 g/mol. The van der Waals surface area contributed by atoms with Crippen molar-refractivity contribution in [3.63, 3.8) is 0 Å². The second-order valence-electron chi connectivity index (χ2n) is 5.23. The Balaban J connectivity index is 2.52. The summed E-state index contributed by atoms with van der Waals surface area (Å²) in [5.74, 6) is -0.895. The summed E-state index contributed by atoms with van der Waals surface area (Å²) in [5.41, 5.74) is 5.29. The molecule has 0 spiro atoms. The van der Waals surface area contributed by atoms with Crippen molar-refractivity contribution in [2.24, 2.45) is 11.7 Å². The molecule has 2 aromatic rings. The van der Waals surface area contributed by atoms with Gasteiger partial charge in [0, 0.05) is 15.0 Å². The fourth-order valence-electron chi connectivity index (χ4n) is 2.23. The van der Waals surface area contributed by atoms with E-state index in [0.29, 0.717) is 10.3 Å². The molecule has 1 atom stereocenters. The number of amides is 1. The fraction of sp³-hybridized carbons (Fsp3) is 0.357. The molecule has 5 nitrogen and oxygen atoms in total. The van der Waals surface area contributed by atoms with Gasteiger partial charge in [0.15, 0.2) is 0 Å². The van der Waals surface area contributed by atoms with Crippen molar-refractivity contribution in [2.75, 3.05) is 0 Å². The number of benzene rings is 1. The van der Waals surface area contributed by atoms with Crippen LogP contribution < -0.4 is 10.5 Å². The largest absolute Gasteiger partial charge is 0.368 e. The average Bonchev–Trinajstić information content (AvgIpc) is 2.71. The number of hydrogen-bond donors (Lipinski definition) is 2. The molecule has 1 aromatic heterocycles. The number of primary amides is 1. The topological polar surface area (TPSA) is 89.3 Å². The van der Waals surface area contributed by atoms with Crippen LogP contribution in [-0.4, -0.2) is 20.4 Å². The highest BCUT2D eigenvalue weighted by atomic mass is 32.2. The number of rotatable bonds is 5. The zero-order valence-electron chi connectivity index (χ0n) is 12.1. The molecule has 7 heteroatoms. The number of carbonyl (C=O) groups is 1. The van der Waals surface area contributed by atoms with Crippen LogP contribution in [0.4, 0.5) is 0 Å². The highest BCUT2D eigenvalue weighted by Crippen LogP contribution is 2.34. The van der Waals surface area contributed by atoms with Crippen LogP contribution in [0, 0.1) is 12.8 Å². The van der Waals surface area contributed by atoms with E-state index >= 15 is 0 Å². The molecule has 0 bridgehead atoms. The molecule has 1 heterocycles. The van der Waals surface area contributed by atoms with Crippen LogP contribution in [0.5, 0.6) is 0 Å². The van der Waals surface area contributed by atoms with Crippen molar-refractivity contribution >= 4 is 37.4 Å². The summed E-state index contributed by atoms with van der Waals surface area (Å²) in [7, 11) is -3.80. The maximum atomic E-state index is 12.6. The summed E-state index contributed by atoms with van der Waals surface area (Å²) in [6.07, 6.45) is 0. The van der Waals surface area contributed by atoms with Crippen LogP contribution in [0.1, 0.15) is 18.7 Å². The van der Waals surface area contributed by atoms with Gasteiger partial charge in [-0.25, -0.2) is 8.42 Å². The van der Waals surface area contributed by atoms with Crippen molar-refractivity contribution in [3.05, 3.63) is 29.1 Å². The molecule has 1 unspecified atom stereocenters. The standard InChI is InChI=1S/C14H18N2O3S2/c1-8(2)12(14(15)17)16-21(18,19)13-9(3)20-11-7-5-4-6-10(11)13/h4-8,12,16H,1-3H3,(H2,15,17). The summed E-state index contributed by atoms with van der Waals surface area (Å²) in [6, 6.07) is 6.37. The van der Waals surface area contributed by atoms with Gasteiger partial charge in [0.05, 0.1) is 0 Å². The molecule has 0 aliphatic heterocycles. The van der Waals surface area contributed by atoms with Crippen molar-refractivity contribution in [3.8, 4) is 0 Å². The first kappa shape index (κ1) is 15.9. The van der Waals surface area contributed by atoms with E-state index < -0.39 is 22.0 Å². The number of aryl methyl sites for hydroxylation is 1. The first-order valence-electron chi connectivity index (χ1n) is 6.54. The van der Waals surface area contributed by atoms with Gasteiger partial charge in [-0.1, -0.05) is 32.0 Å². The minimum Gasteiger partial charge on any atom is -0.368 e. The van der Waals surface area contributed by atoms with E-state index in [0.717, 1.165) is 4.70 Å². The maximum absolute atomic E-state index is 12.6. The number of hydrogen-bond acceptors (Lipinski definition) is 4. The van der Waals surface area contributed by atoms with Crippen LogP contribution >= 0.6 is 11.3 Å². The van der Waals surface area contributed by atoms with Crippen LogP contribution in [0.25, 0.3) is 10.1 Å². The molecule has 0 aliphatic rings. The molecule has 3 N–H and O–H groups in total. The molecular formula is C14H18N2O3S2. The smallest absolute Gasteiger partial charge is 0.243 e. The van der Waals surface area contributed by atoms with Gasteiger partial charge in [0.25, 0.3) is 0 Å². The van der Waals surface area contributed by atoms with Crippen LogP contribution in [0.2, 0.25) is 0 Å². The van der Waals surface area contributed by atoms with E-state index in [1.54, 1.807) is 32.9 Å². The van der Waals surface area contributed by atoms with Gasteiger partial charge in [-0.15, -0.1) is 11.3 Å². The highest BCUT2D eigenvalue weighted by Gasteiger charge is 2.29. The number of sulfonamides is 1. The Bertz CT molecular complexity index is 779. The van der Waals surface area contributed by atoms with Crippen LogP contribution in [0.15, 0.2) is 29.2 Å². The average molecular weight is 326 g/mol. The number of carbonyl (C=O) groups excluding carboxylic acids is 1. The second-order valence-corrected chi connectivity index (χ2v) is 8.14. The zero-order chi connectivity index (χ0) is 15.8. The van der Waals surface area contributed by atoms with Crippen LogP contribution in [-0.2, 0) is 14.8 Å². The quantitative estimate of drug-likeness (QED) is 0.880. The van der Waals surface area contributed by atoms with Crippen molar-refractivity contribution < 1.29 is 13.2 Å². The Hall–Kier alpha value is -1.44. The minimum atomic E-state index is -3.80. The van der Waals surface area contributed by atoms with E-state index in [2.05, 4.69) is 4.72 Å². The third-order valence-corrected chi connectivity index (χ3v) is 6.08. The molecule has 1 aromatic carbocycles. The Morgan fingerprint density at radius 1 is 1.29 bits per heavy atom. The van der Waals surface area contributed by atoms with Crippen molar-refractivity contribution in [1.82, 2.24) is 4.72 Å². The van der Waals surface area contributed by atoms with Gasteiger partial charge in [-0.3, -0.25) is 4.79 Å². The summed E-state index contributed by atoms with van der Waals surface area (Å²) in [5, 5.41) is 0.666. The van der Waals surface area contributed by atoms with Gasteiger partial charge >= 0.3 is 0 Å². The Kier molecular flexibility index (Phi) is 4.36. The summed E-state index contributed by atoms with van der Waals surface area (Å²) in [6.45, 7) is 5.25. The third kappa shape index (κ3) is 3.09. The van der Waals surface area contributed by atoms with E-state index in [1.807, 2.05) is 12.1 Å². The molecule has 0 radical (unpaired) electrons. The van der Waals surface area contributed by atoms with Gasteiger partial charge in [0.2, 0.25) is 15.9 Å². The predicted octanol–water partition coefficient (Wildman–Crippen LogP) is 2.00. The molecule has 1 amide bonds. The number of thiophene rings is 1. The summed E-state index contributed by atoms with van der Waals surface area (Å²) >= 11 is 1.41. The Labute approximate surface area is 128 Å². The summed E-state index contributed by atoms with van der Waals surface area (Å²) in [4.78, 5) is 12.4. The fourth-order valence-corrected chi connectivity index (χ4v) is 5.39. The lowest BCUT2D eigenvalue weighted by Crippen LogP contribution is -2.47. The second kappa shape index (κ2) is 5.75.